The fraction of sp³-hybridized carbons (Fsp3) is 0.611. The average molecular weight is 413 g/mol. The lowest BCUT2D eigenvalue weighted by Crippen LogP contribution is -2.52. The Labute approximate surface area is 165 Å². The van der Waals surface area contributed by atoms with Gasteiger partial charge < -0.3 is 9.64 Å². The van der Waals surface area contributed by atoms with Crippen molar-refractivity contribution in [3.63, 3.8) is 0 Å². The number of hydrogen-bond acceptors (Lipinski definition) is 6. The highest BCUT2D eigenvalue weighted by Crippen LogP contribution is 2.22. The molecule has 9 nitrogen and oxygen atoms in total. The van der Waals surface area contributed by atoms with Gasteiger partial charge in [0.05, 0.1) is 9.82 Å². The summed E-state index contributed by atoms with van der Waals surface area (Å²) in [5.74, 6) is 0.334. The second-order valence-corrected chi connectivity index (χ2v) is 9.12. The van der Waals surface area contributed by atoms with Crippen LogP contribution in [0.4, 0.5) is 5.69 Å². The minimum absolute atomic E-state index is 0.119. The molecule has 0 bridgehead atoms. The van der Waals surface area contributed by atoms with Crippen LogP contribution in [0.5, 0.6) is 0 Å². The summed E-state index contributed by atoms with van der Waals surface area (Å²) in [6.45, 7) is 7.15. The van der Waals surface area contributed by atoms with Crippen molar-refractivity contribution in [1.82, 2.24) is 9.21 Å². The molecule has 10 heteroatoms. The Balaban J connectivity index is 1.96. The summed E-state index contributed by atoms with van der Waals surface area (Å²) in [5.41, 5.74) is -0.276. The van der Waals surface area contributed by atoms with Crippen molar-refractivity contribution in [2.24, 2.45) is 5.92 Å². The number of amides is 1. The monoisotopic (exact) mass is 413 g/mol. The highest BCUT2D eigenvalue weighted by molar-refractivity contribution is 7.89. The Bertz CT molecular complexity index is 803. The molecule has 2 rings (SSSR count). The van der Waals surface area contributed by atoms with Crippen LogP contribution in [0.2, 0.25) is 0 Å². The first-order valence-electron chi connectivity index (χ1n) is 9.28. The van der Waals surface area contributed by atoms with Crippen molar-refractivity contribution in [1.29, 1.82) is 0 Å². The number of ether oxygens (including phenoxy) is 1. The summed E-state index contributed by atoms with van der Waals surface area (Å²) in [6, 6.07) is 4.99. The molecule has 28 heavy (non-hydrogen) atoms. The van der Waals surface area contributed by atoms with E-state index in [4.69, 9.17) is 4.74 Å². The van der Waals surface area contributed by atoms with Crippen molar-refractivity contribution < 1.29 is 22.9 Å². The lowest BCUT2D eigenvalue weighted by Gasteiger charge is -2.35. The molecule has 1 aliphatic heterocycles. The van der Waals surface area contributed by atoms with E-state index < -0.39 is 21.1 Å². The quantitative estimate of drug-likeness (QED) is 0.475. The molecule has 1 unspecified atom stereocenters. The number of sulfonamides is 1. The molecule has 1 aromatic carbocycles. The number of piperazine rings is 1. The molecule has 1 heterocycles. The van der Waals surface area contributed by atoms with Gasteiger partial charge in [0.2, 0.25) is 10.0 Å². The van der Waals surface area contributed by atoms with Gasteiger partial charge in [-0.1, -0.05) is 19.9 Å². The maximum Gasteiger partial charge on any atom is 0.270 e. The maximum absolute atomic E-state index is 12.8. The molecule has 1 fully saturated rings. The number of rotatable bonds is 8. The molecule has 0 aromatic heterocycles. The van der Waals surface area contributed by atoms with Crippen molar-refractivity contribution >= 4 is 21.6 Å². The van der Waals surface area contributed by atoms with Crippen LogP contribution in [-0.2, 0) is 19.6 Å². The summed E-state index contributed by atoms with van der Waals surface area (Å²) >= 11 is 0. The SMILES string of the molecule is CC(C)CCOC(C)C(=O)N1CCN(S(=O)(=O)c2cccc([N+](=O)[O-])c2)CC1. The third kappa shape index (κ3) is 5.49. The van der Waals surface area contributed by atoms with E-state index in [1.54, 1.807) is 11.8 Å². The van der Waals surface area contributed by atoms with Crippen molar-refractivity contribution in [2.75, 3.05) is 32.8 Å². The number of nitrogens with zero attached hydrogens (tertiary/aromatic N) is 3. The average Bonchev–Trinajstić information content (AvgIpc) is 2.67. The molecule has 0 N–H and O–H groups in total. The predicted octanol–water partition coefficient (Wildman–Crippen LogP) is 1.88. The molecule has 0 spiro atoms. The molecule has 0 radical (unpaired) electrons. The van der Waals surface area contributed by atoms with Crippen LogP contribution >= 0.6 is 0 Å². The molecule has 1 aromatic rings. The number of benzene rings is 1. The third-order valence-electron chi connectivity index (χ3n) is 4.63. The van der Waals surface area contributed by atoms with Crippen LogP contribution in [0.25, 0.3) is 0 Å². The normalized spacial score (nSPS) is 16.9. The van der Waals surface area contributed by atoms with E-state index in [-0.39, 0.29) is 42.7 Å². The third-order valence-corrected chi connectivity index (χ3v) is 6.52. The lowest BCUT2D eigenvalue weighted by molar-refractivity contribution is -0.385. The molecule has 1 amide bonds. The molecule has 1 saturated heterocycles. The van der Waals surface area contributed by atoms with Crippen LogP contribution in [0.1, 0.15) is 27.2 Å². The largest absolute Gasteiger partial charge is 0.369 e. The van der Waals surface area contributed by atoms with Crippen LogP contribution in [0.15, 0.2) is 29.2 Å². The van der Waals surface area contributed by atoms with E-state index in [2.05, 4.69) is 13.8 Å². The highest BCUT2D eigenvalue weighted by Gasteiger charge is 2.32. The molecule has 1 atom stereocenters. The summed E-state index contributed by atoms with van der Waals surface area (Å²) in [4.78, 5) is 24.2. The van der Waals surface area contributed by atoms with Crippen molar-refractivity contribution in [2.45, 2.75) is 38.2 Å². The second-order valence-electron chi connectivity index (χ2n) is 7.18. The Morgan fingerprint density at radius 1 is 1.21 bits per heavy atom. The van der Waals surface area contributed by atoms with Gasteiger partial charge in [-0.05, 0) is 25.3 Å². The molecule has 1 aliphatic rings. The Kier molecular flexibility index (Phi) is 7.50. The fourth-order valence-electron chi connectivity index (χ4n) is 2.86. The molecule has 0 aliphatic carbocycles. The van der Waals surface area contributed by atoms with Gasteiger partial charge in [0.25, 0.3) is 11.6 Å². The molecular weight excluding hydrogens is 386 g/mol. The number of nitro groups is 1. The number of non-ortho nitro benzene ring substituents is 1. The topological polar surface area (TPSA) is 110 Å². The highest BCUT2D eigenvalue weighted by atomic mass is 32.2. The van der Waals surface area contributed by atoms with E-state index in [1.807, 2.05) is 0 Å². The Hall–Kier alpha value is -2.04. The summed E-state index contributed by atoms with van der Waals surface area (Å²) < 4.78 is 32.3. The van der Waals surface area contributed by atoms with Gasteiger partial charge in [0.15, 0.2) is 0 Å². The minimum Gasteiger partial charge on any atom is -0.369 e. The van der Waals surface area contributed by atoms with E-state index in [1.165, 1.54) is 22.5 Å². The molecule has 156 valence electrons. The summed E-state index contributed by atoms with van der Waals surface area (Å²) in [6.07, 6.45) is 0.297. The van der Waals surface area contributed by atoms with Gasteiger partial charge in [0.1, 0.15) is 6.10 Å². The van der Waals surface area contributed by atoms with E-state index in [9.17, 15) is 23.3 Å². The van der Waals surface area contributed by atoms with E-state index >= 15 is 0 Å². The number of carbonyl (C=O) groups excluding carboxylic acids is 1. The zero-order chi connectivity index (χ0) is 20.9. The van der Waals surface area contributed by atoms with Crippen LogP contribution in [-0.4, -0.2) is 67.3 Å². The first-order chi connectivity index (χ1) is 13.1. The number of carbonyl (C=O) groups is 1. The minimum atomic E-state index is -3.85. The van der Waals surface area contributed by atoms with Gasteiger partial charge in [0, 0.05) is 44.9 Å². The Morgan fingerprint density at radius 2 is 1.86 bits per heavy atom. The summed E-state index contributed by atoms with van der Waals surface area (Å²) in [5, 5.41) is 10.9. The van der Waals surface area contributed by atoms with E-state index in [0.717, 1.165) is 12.5 Å². The number of hydrogen-bond donors (Lipinski definition) is 0. The van der Waals surface area contributed by atoms with Gasteiger partial charge in [-0.3, -0.25) is 14.9 Å². The van der Waals surface area contributed by atoms with Crippen LogP contribution < -0.4 is 0 Å². The standard InChI is InChI=1S/C18H27N3O6S/c1-14(2)7-12-27-15(3)18(22)19-8-10-20(11-9-19)28(25,26)17-6-4-5-16(13-17)21(23)24/h4-6,13-15H,7-12H2,1-3H3. The lowest BCUT2D eigenvalue weighted by atomic mass is 10.1. The predicted molar refractivity (Wildman–Crippen MR) is 103 cm³/mol. The van der Waals surface area contributed by atoms with Gasteiger partial charge in [-0.15, -0.1) is 0 Å². The first-order valence-corrected chi connectivity index (χ1v) is 10.7. The summed E-state index contributed by atoms with van der Waals surface area (Å²) in [7, 11) is -3.85. The van der Waals surface area contributed by atoms with Crippen molar-refractivity contribution in [3.8, 4) is 0 Å². The zero-order valence-corrected chi connectivity index (χ0v) is 17.2. The molecular formula is C18H27N3O6S. The fourth-order valence-corrected chi connectivity index (χ4v) is 4.33. The van der Waals surface area contributed by atoms with Crippen LogP contribution in [0, 0.1) is 16.0 Å². The van der Waals surface area contributed by atoms with Gasteiger partial charge >= 0.3 is 0 Å². The maximum atomic E-state index is 12.8. The van der Waals surface area contributed by atoms with Gasteiger partial charge in [-0.25, -0.2) is 8.42 Å². The second kappa shape index (κ2) is 9.44. The number of nitro benzene ring substituents is 1. The first kappa shape index (κ1) is 22.3. The Morgan fingerprint density at radius 3 is 2.43 bits per heavy atom. The smallest absolute Gasteiger partial charge is 0.270 e. The van der Waals surface area contributed by atoms with Crippen molar-refractivity contribution in [3.05, 3.63) is 34.4 Å². The van der Waals surface area contributed by atoms with E-state index in [0.29, 0.717) is 12.5 Å². The molecule has 0 saturated carbocycles. The van der Waals surface area contributed by atoms with Gasteiger partial charge in [-0.2, -0.15) is 4.31 Å². The van der Waals surface area contributed by atoms with Crippen LogP contribution in [0.3, 0.4) is 0 Å². The zero-order valence-electron chi connectivity index (χ0n) is 16.4.